The van der Waals surface area contributed by atoms with Gasteiger partial charge in [-0.3, -0.25) is 4.90 Å². The van der Waals surface area contributed by atoms with Gasteiger partial charge in [-0.05, 0) is 50.8 Å². The van der Waals surface area contributed by atoms with Crippen LogP contribution in [-0.2, 0) is 0 Å². The zero-order valence-corrected chi connectivity index (χ0v) is 12.7. The van der Waals surface area contributed by atoms with Crippen LogP contribution in [0.15, 0.2) is 18.2 Å². The van der Waals surface area contributed by atoms with Gasteiger partial charge in [-0.2, -0.15) is 0 Å². The fraction of sp³-hybridized carbons (Fsp3) is 0.647. The molecule has 1 aliphatic heterocycles. The Labute approximate surface area is 122 Å². The van der Waals surface area contributed by atoms with E-state index in [-0.39, 0.29) is 0 Å². The van der Waals surface area contributed by atoms with Crippen LogP contribution in [0, 0.1) is 13.8 Å². The van der Waals surface area contributed by atoms with Gasteiger partial charge in [0.05, 0.1) is 0 Å². The SMILES string of the molecule is Cc1cccc(C)c1OCCN(C1CC1)C1CCNC1. The van der Waals surface area contributed by atoms with Crippen molar-refractivity contribution in [3.05, 3.63) is 29.3 Å². The molecule has 2 aliphatic rings. The van der Waals surface area contributed by atoms with Gasteiger partial charge in [0, 0.05) is 25.2 Å². The lowest BCUT2D eigenvalue weighted by molar-refractivity contribution is 0.158. The van der Waals surface area contributed by atoms with Crippen molar-refractivity contribution in [2.45, 2.75) is 45.2 Å². The van der Waals surface area contributed by atoms with E-state index in [1.165, 1.54) is 36.9 Å². The van der Waals surface area contributed by atoms with Gasteiger partial charge in [-0.15, -0.1) is 0 Å². The molecule has 1 saturated carbocycles. The molecule has 0 amide bonds. The lowest BCUT2D eigenvalue weighted by Gasteiger charge is -2.28. The summed E-state index contributed by atoms with van der Waals surface area (Å²) in [5.41, 5.74) is 2.48. The Morgan fingerprint density at radius 1 is 1.15 bits per heavy atom. The number of aryl methyl sites for hydroxylation is 2. The topological polar surface area (TPSA) is 24.5 Å². The van der Waals surface area contributed by atoms with Crippen molar-refractivity contribution >= 4 is 0 Å². The van der Waals surface area contributed by atoms with Crippen LogP contribution in [0.25, 0.3) is 0 Å². The average Bonchev–Trinajstić information content (AvgIpc) is 3.12. The van der Waals surface area contributed by atoms with Gasteiger partial charge in [-0.1, -0.05) is 18.2 Å². The molecule has 1 atom stereocenters. The molecule has 0 aromatic heterocycles. The molecule has 1 heterocycles. The summed E-state index contributed by atoms with van der Waals surface area (Å²) in [6.45, 7) is 8.44. The van der Waals surface area contributed by atoms with Gasteiger partial charge < -0.3 is 10.1 Å². The first-order chi connectivity index (χ1) is 9.75. The molecule has 110 valence electrons. The molecule has 1 saturated heterocycles. The molecule has 3 nitrogen and oxygen atoms in total. The molecule has 20 heavy (non-hydrogen) atoms. The summed E-state index contributed by atoms with van der Waals surface area (Å²) in [6, 6.07) is 7.90. The molecule has 0 spiro atoms. The lowest BCUT2D eigenvalue weighted by atomic mass is 10.1. The van der Waals surface area contributed by atoms with E-state index in [0.717, 1.165) is 37.5 Å². The molecule has 1 N–H and O–H groups in total. The van der Waals surface area contributed by atoms with Gasteiger partial charge >= 0.3 is 0 Å². The summed E-state index contributed by atoms with van der Waals surface area (Å²) in [6.07, 6.45) is 4.04. The molecule has 1 aliphatic carbocycles. The van der Waals surface area contributed by atoms with Crippen molar-refractivity contribution in [2.24, 2.45) is 0 Å². The summed E-state index contributed by atoms with van der Waals surface area (Å²) >= 11 is 0. The van der Waals surface area contributed by atoms with Crippen molar-refractivity contribution < 1.29 is 4.74 Å². The van der Waals surface area contributed by atoms with E-state index in [1.807, 2.05) is 0 Å². The number of nitrogens with one attached hydrogen (secondary N) is 1. The van der Waals surface area contributed by atoms with E-state index in [2.05, 4.69) is 42.3 Å². The second kappa shape index (κ2) is 6.15. The Morgan fingerprint density at radius 3 is 2.50 bits per heavy atom. The minimum Gasteiger partial charge on any atom is -0.492 e. The van der Waals surface area contributed by atoms with E-state index in [9.17, 15) is 0 Å². The first-order valence-corrected chi connectivity index (χ1v) is 7.91. The van der Waals surface area contributed by atoms with E-state index >= 15 is 0 Å². The van der Waals surface area contributed by atoms with Gasteiger partial charge in [0.2, 0.25) is 0 Å². The molecule has 0 bridgehead atoms. The lowest BCUT2D eigenvalue weighted by Crippen LogP contribution is -2.41. The number of hydrogen-bond acceptors (Lipinski definition) is 3. The van der Waals surface area contributed by atoms with Crippen molar-refractivity contribution in [1.29, 1.82) is 0 Å². The molecule has 3 rings (SSSR count). The smallest absolute Gasteiger partial charge is 0.125 e. The Morgan fingerprint density at radius 2 is 1.90 bits per heavy atom. The summed E-state index contributed by atoms with van der Waals surface area (Å²) in [7, 11) is 0. The van der Waals surface area contributed by atoms with Gasteiger partial charge in [0.15, 0.2) is 0 Å². The fourth-order valence-corrected chi connectivity index (χ4v) is 3.27. The van der Waals surface area contributed by atoms with Crippen LogP contribution in [0.4, 0.5) is 0 Å². The molecular weight excluding hydrogens is 248 g/mol. The molecule has 1 unspecified atom stereocenters. The Bertz CT molecular complexity index is 430. The molecule has 3 heteroatoms. The third-order valence-electron chi connectivity index (χ3n) is 4.52. The molecular formula is C17H26N2O. The number of ether oxygens (including phenoxy) is 1. The monoisotopic (exact) mass is 274 g/mol. The van der Waals surface area contributed by atoms with Gasteiger partial charge in [0.1, 0.15) is 12.4 Å². The number of hydrogen-bond donors (Lipinski definition) is 1. The summed E-state index contributed by atoms with van der Waals surface area (Å²) in [5, 5.41) is 3.48. The predicted molar refractivity (Wildman–Crippen MR) is 82.4 cm³/mol. The van der Waals surface area contributed by atoms with Crippen LogP contribution >= 0.6 is 0 Å². The number of rotatable bonds is 6. The Hall–Kier alpha value is -1.06. The predicted octanol–water partition coefficient (Wildman–Crippen LogP) is 2.51. The summed E-state index contributed by atoms with van der Waals surface area (Å²) in [4.78, 5) is 2.67. The minimum absolute atomic E-state index is 0.726. The highest BCUT2D eigenvalue weighted by Gasteiger charge is 2.34. The van der Waals surface area contributed by atoms with Crippen molar-refractivity contribution in [1.82, 2.24) is 10.2 Å². The third-order valence-corrected chi connectivity index (χ3v) is 4.52. The maximum absolute atomic E-state index is 6.07. The van der Waals surface area contributed by atoms with Crippen LogP contribution in [0.3, 0.4) is 0 Å². The highest BCUT2D eigenvalue weighted by molar-refractivity contribution is 5.39. The first-order valence-electron chi connectivity index (χ1n) is 7.91. The minimum atomic E-state index is 0.726. The number of para-hydroxylation sites is 1. The maximum atomic E-state index is 6.07. The fourth-order valence-electron chi connectivity index (χ4n) is 3.27. The van der Waals surface area contributed by atoms with Crippen molar-refractivity contribution in [2.75, 3.05) is 26.2 Å². The zero-order valence-electron chi connectivity index (χ0n) is 12.7. The van der Waals surface area contributed by atoms with E-state index in [1.54, 1.807) is 0 Å². The standard InChI is InChI=1S/C17H26N2O/c1-13-4-3-5-14(2)17(13)20-11-10-19(15-6-7-15)16-8-9-18-12-16/h3-5,15-16,18H,6-12H2,1-2H3. The maximum Gasteiger partial charge on any atom is 0.125 e. The molecule has 0 radical (unpaired) electrons. The summed E-state index contributed by atoms with van der Waals surface area (Å²) in [5.74, 6) is 1.08. The van der Waals surface area contributed by atoms with Crippen molar-refractivity contribution in [3.8, 4) is 5.75 Å². The van der Waals surface area contributed by atoms with Gasteiger partial charge in [0.25, 0.3) is 0 Å². The Kier molecular flexibility index (Phi) is 4.27. The van der Waals surface area contributed by atoms with Crippen LogP contribution in [0.1, 0.15) is 30.4 Å². The van der Waals surface area contributed by atoms with Crippen LogP contribution < -0.4 is 10.1 Å². The first kappa shape index (κ1) is 13.9. The van der Waals surface area contributed by atoms with E-state index in [4.69, 9.17) is 4.74 Å². The molecule has 1 aromatic rings. The Balaban J connectivity index is 1.55. The highest BCUT2D eigenvalue weighted by atomic mass is 16.5. The normalized spacial score (nSPS) is 22.4. The van der Waals surface area contributed by atoms with Crippen LogP contribution in [-0.4, -0.2) is 43.2 Å². The highest BCUT2D eigenvalue weighted by Crippen LogP contribution is 2.30. The van der Waals surface area contributed by atoms with E-state index < -0.39 is 0 Å². The van der Waals surface area contributed by atoms with Crippen LogP contribution in [0.5, 0.6) is 5.75 Å². The second-order valence-corrected chi connectivity index (χ2v) is 6.19. The van der Waals surface area contributed by atoms with Crippen molar-refractivity contribution in [3.63, 3.8) is 0 Å². The average molecular weight is 274 g/mol. The molecule has 1 aromatic carbocycles. The van der Waals surface area contributed by atoms with E-state index in [0.29, 0.717) is 0 Å². The summed E-state index contributed by atoms with van der Waals surface area (Å²) < 4.78 is 6.07. The second-order valence-electron chi connectivity index (χ2n) is 6.19. The number of nitrogens with zero attached hydrogens (tertiary/aromatic N) is 1. The third kappa shape index (κ3) is 3.15. The largest absolute Gasteiger partial charge is 0.492 e. The van der Waals surface area contributed by atoms with Gasteiger partial charge in [-0.25, -0.2) is 0 Å². The quantitative estimate of drug-likeness (QED) is 0.862. The van der Waals surface area contributed by atoms with Crippen LogP contribution in [0.2, 0.25) is 0 Å². The zero-order chi connectivity index (χ0) is 13.9. The number of benzene rings is 1. The molecule has 2 fully saturated rings.